The Bertz CT molecular complexity index is 766. The van der Waals surface area contributed by atoms with Gasteiger partial charge in [-0.3, -0.25) is 9.58 Å². The molecule has 2 atom stereocenters. The lowest BCUT2D eigenvalue weighted by Crippen LogP contribution is -2.43. The van der Waals surface area contributed by atoms with Crippen LogP contribution in [-0.4, -0.2) is 43.5 Å². The third-order valence-electron chi connectivity index (χ3n) is 4.66. The van der Waals surface area contributed by atoms with Crippen molar-refractivity contribution in [1.29, 1.82) is 0 Å². The molecule has 1 N–H and O–H groups in total. The first-order valence-electron chi connectivity index (χ1n) is 8.41. The third kappa shape index (κ3) is 3.00. The fraction of sp³-hybridized carbons (Fsp3) is 0.316. The van der Waals surface area contributed by atoms with Crippen LogP contribution in [0.5, 0.6) is 0 Å². The van der Waals surface area contributed by atoms with Gasteiger partial charge >= 0.3 is 0 Å². The van der Waals surface area contributed by atoms with Crippen LogP contribution in [0.3, 0.4) is 0 Å². The summed E-state index contributed by atoms with van der Waals surface area (Å²) in [5.74, 6) is 0. The molecular formula is C19H22N4O. The molecule has 3 heterocycles. The van der Waals surface area contributed by atoms with Crippen molar-refractivity contribution in [2.24, 2.45) is 0 Å². The van der Waals surface area contributed by atoms with Gasteiger partial charge < -0.3 is 9.67 Å². The molecule has 1 aliphatic heterocycles. The predicted molar refractivity (Wildman–Crippen MR) is 92.5 cm³/mol. The Morgan fingerprint density at radius 3 is 2.67 bits per heavy atom. The number of nitrogens with zero attached hydrogens (tertiary/aromatic N) is 4. The van der Waals surface area contributed by atoms with E-state index in [4.69, 9.17) is 0 Å². The van der Waals surface area contributed by atoms with Crippen molar-refractivity contribution < 1.29 is 5.11 Å². The van der Waals surface area contributed by atoms with Gasteiger partial charge in [0.1, 0.15) is 0 Å². The molecule has 5 nitrogen and oxygen atoms in total. The zero-order valence-corrected chi connectivity index (χ0v) is 13.6. The van der Waals surface area contributed by atoms with Crippen LogP contribution in [0.2, 0.25) is 0 Å². The van der Waals surface area contributed by atoms with Crippen LogP contribution < -0.4 is 0 Å². The number of hydrogen-bond donors (Lipinski definition) is 1. The zero-order valence-electron chi connectivity index (χ0n) is 13.6. The summed E-state index contributed by atoms with van der Waals surface area (Å²) < 4.78 is 4.10. The molecule has 0 bridgehead atoms. The van der Waals surface area contributed by atoms with Crippen molar-refractivity contribution in [1.82, 2.24) is 19.2 Å². The maximum absolute atomic E-state index is 10.5. The number of aromatic nitrogens is 3. The van der Waals surface area contributed by atoms with E-state index in [1.54, 1.807) is 10.9 Å². The van der Waals surface area contributed by atoms with Crippen LogP contribution in [0.25, 0.3) is 0 Å². The predicted octanol–water partition coefficient (Wildman–Crippen LogP) is 2.15. The molecule has 0 fully saturated rings. The quantitative estimate of drug-likeness (QED) is 0.783. The van der Waals surface area contributed by atoms with Gasteiger partial charge in [-0.05, 0) is 23.8 Å². The maximum atomic E-state index is 10.5. The number of aliphatic hydroxyl groups excluding tert-OH is 1. The van der Waals surface area contributed by atoms with Crippen molar-refractivity contribution in [3.63, 3.8) is 0 Å². The molecule has 0 amide bonds. The van der Waals surface area contributed by atoms with Gasteiger partial charge in [0, 0.05) is 43.9 Å². The van der Waals surface area contributed by atoms with Gasteiger partial charge in [0.25, 0.3) is 0 Å². The average Bonchev–Trinajstić information content (AvgIpc) is 3.26. The first-order valence-corrected chi connectivity index (χ1v) is 8.41. The van der Waals surface area contributed by atoms with Gasteiger partial charge in [0.2, 0.25) is 0 Å². The molecule has 1 aliphatic rings. The molecule has 4 rings (SSSR count). The molecule has 0 saturated carbocycles. The van der Waals surface area contributed by atoms with Crippen molar-refractivity contribution in [3.05, 3.63) is 78.4 Å². The van der Waals surface area contributed by atoms with E-state index in [0.717, 1.165) is 13.1 Å². The summed E-state index contributed by atoms with van der Waals surface area (Å²) in [5.41, 5.74) is 2.56. The van der Waals surface area contributed by atoms with E-state index < -0.39 is 6.10 Å². The SMILES string of the molecule is O[C@H](CN1CCn2cccc2[C@@H]1c1ccccc1)Cn1cccn1. The van der Waals surface area contributed by atoms with Crippen LogP contribution in [0.15, 0.2) is 67.1 Å². The average molecular weight is 322 g/mol. The summed E-state index contributed by atoms with van der Waals surface area (Å²) in [4.78, 5) is 2.37. The second-order valence-electron chi connectivity index (χ2n) is 6.32. The van der Waals surface area contributed by atoms with Crippen LogP contribution in [-0.2, 0) is 13.1 Å². The van der Waals surface area contributed by atoms with Crippen molar-refractivity contribution in [2.75, 3.05) is 13.1 Å². The lowest BCUT2D eigenvalue weighted by Gasteiger charge is -2.38. The fourth-order valence-corrected chi connectivity index (χ4v) is 3.60. The van der Waals surface area contributed by atoms with Crippen molar-refractivity contribution in [3.8, 4) is 0 Å². The summed E-state index contributed by atoms with van der Waals surface area (Å²) >= 11 is 0. The second kappa shape index (κ2) is 6.63. The highest BCUT2D eigenvalue weighted by Crippen LogP contribution is 2.32. The third-order valence-corrected chi connectivity index (χ3v) is 4.66. The van der Waals surface area contributed by atoms with Gasteiger partial charge in [0.05, 0.1) is 18.7 Å². The van der Waals surface area contributed by atoms with E-state index in [9.17, 15) is 5.11 Å². The molecule has 0 saturated heterocycles. The van der Waals surface area contributed by atoms with Gasteiger partial charge in [0.15, 0.2) is 0 Å². The number of hydrogen-bond acceptors (Lipinski definition) is 3. The van der Waals surface area contributed by atoms with Gasteiger partial charge in [-0.2, -0.15) is 5.10 Å². The molecule has 24 heavy (non-hydrogen) atoms. The van der Waals surface area contributed by atoms with Crippen LogP contribution in [0, 0.1) is 0 Å². The Labute approximate surface area is 141 Å². The normalized spacial score (nSPS) is 19.1. The number of rotatable bonds is 5. The highest BCUT2D eigenvalue weighted by molar-refractivity contribution is 5.30. The smallest absolute Gasteiger partial charge is 0.0863 e. The summed E-state index contributed by atoms with van der Waals surface area (Å²) in [6.07, 6.45) is 5.33. The van der Waals surface area contributed by atoms with Crippen LogP contribution in [0.1, 0.15) is 17.3 Å². The standard InChI is InChI=1S/C19H22N4O/c24-17(15-23-11-5-9-20-23)14-22-13-12-21-10-4-8-18(21)19(22)16-6-2-1-3-7-16/h1-11,17,19,24H,12-15H2/t17-,19+/m1/s1. The Morgan fingerprint density at radius 2 is 1.88 bits per heavy atom. The Hall–Kier alpha value is -2.37. The molecule has 2 aromatic heterocycles. The number of aliphatic hydroxyl groups is 1. The largest absolute Gasteiger partial charge is 0.390 e. The van der Waals surface area contributed by atoms with E-state index in [0.29, 0.717) is 13.1 Å². The zero-order chi connectivity index (χ0) is 16.4. The minimum absolute atomic E-state index is 0.183. The molecule has 5 heteroatoms. The van der Waals surface area contributed by atoms with E-state index >= 15 is 0 Å². The van der Waals surface area contributed by atoms with Crippen molar-refractivity contribution >= 4 is 0 Å². The van der Waals surface area contributed by atoms with Crippen molar-refractivity contribution in [2.45, 2.75) is 25.2 Å². The molecular weight excluding hydrogens is 300 g/mol. The molecule has 124 valence electrons. The monoisotopic (exact) mass is 322 g/mol. The fourth-order valence-electron chi connectivity index (χ4n) is 3.60. The first kappa shape index (κ1) is 15.2. The summed E-state index contributed by atoms with van der Waals surface area (Å²) in [5, 5.41) is 14.7. The summed E-state index contributed by atoms with van der Waals surface area (Å²) in [6, 6.07) is 16.9. The van der Waals surface area contributed by atoms with E-state index in [-0.39, 0.29) is 6.04 Å². The lowest BCUT2D eigenvalue weighted by molar-refractivity contribution is 0.0693. The maximum Gasteiger partial charge on any atom is 0.0863 e. The Kier molecular flexibility index (Phi) is 4.19. The second-order valence-corrected chi connectivity index (χ2v) is 6.32. The highest BCUT2D eigenvalue weighted by atomic mass is 16.3. The lowest BCUT2D eigenvalue weighted by atomic mass is 9.99. The van der Waals surface area contributed by atoms with E-state index in [1.807, 2.05) is 18.3 Å². The number of benzene rings is 1. The van der Waals surface area contributed by atoms with E-state index in [1.165, 1.54) is 11.3 Å². The molecule has 1 aromatic carbocycles. The first-order chi connectivity index (χ1) is 11.8. The van der Waals surface area contributed by atoms with Gasteiger partial charge in [-0.25, -0.2) is 0 Å². The number of β-amino-alcohol motifs (C(OH)–C–C–N with tert-alkyl or cyclic N) is 1. The molecule has 0 radical (unpaired) electrons. The van der Waals surface area contributed by atoms with Crippen LogP contribution in [0.4, 0.5) is 0 Å². The molecule has 0 unspecified atom stereocenters. The van der Waals surface area contributed by atoms with Gasteiger partial charge in [-0.1, -0.05) is 30.3 Å². The number of fused-ring (bicyclic) bond motifs is 1. The van der Waals surface area contributed by atoms with Gasteiger partial charge in [-0.15, -0.1) is 0 Å². The molecule has 3 aromatic rings. The van der Waals surface area contributed by atoms with E-state index in [2.05, 4.69) is 57.2 Å². The Morgan fingerprint density at radius 1 is 1.00 bits per heavy atom. The Balaban J connectivity index is 1.57. The summed E-state index contributed by atoms with van der Waals surface area (Å²) in [6.45, 7) is 3.04. The summed E-state index contributed by atoms with van der Waals surface area (Å²) in [7, 11) is 0. The molecule has 0 spiro atoms. The molecule has 0 aliphatic carbocycles. The minimum Gasteiger partial charge on any atom is -0.390 e. The minimum atomic E-state index is -0.447. The highest BCUT2D eigenvalue weighted by Gasteiger charge is 2.29. The topological polar surface area (TPSA) is 46.2 Å². The van der Waals surface area contributed by atoms with Crippen LogP contribution >= 0.6 is 0 Å².